The van der Waals surface area contributed by atoms with Crippen LogP contribution in [0.15, 0.2) is 6.20 Å². The number of nitrogens with one attached hydrogen (secondary N) is 2. The summed E-state index contributed by atoms with van der Waals surface area (Å²) in [4.78, 5) is 11.8. The van der Waals surface area contributed by atoms with E-state index in [-0.39, 0.29) is 24.5 Å². The van der Waals surface area contributed by atoms with Crippen LogP contribution in [-0.2, 0) is 11.0 Å². The van der Waals surface area contributed by atoms with E-state index in [0.717, 1.165) is 6.20 Å². The van der Waals surface area contributed by atoms with Crippen molar-refractivity contribution in [3.63, 3.8) is 0 Å². The standard InChI is InChI=1S/C12H17F3N4O2/c1-10(2)6-11(10,16)9(20)17-3-4-21-7-5-18-19-8(7)12(13,14)15/h5H,3-4,6,16H2,1-2H3,(H,17,20)(H,18,19). The Bertz CT molecular complexity index is 541. The number of aromatic amines is 1. The molecule has 2 rings (SSSR count). The molecule has 0 saturated heterocycles. The molecule has 0 aromatic carbocycles. The number of halogens is 3. The van der Waals surface area contributed by atoms with E-state index >= 15 is 0 Å². The van der Waals surface area contributed by atoms with E-state index in [2.05, 4.69) is 10.4 Å². The molecule has 1 aliphatic carbocycles. The third kappa shape index (κ3) is 2.97. The summed E-state index contributed by atoms with van der Waals surface area (Å²) in [6.07, 6.45) is -3.04. The second-order valence-corrected chi connectivity index (χ2v) is 5.74. The Labute approximate surface area is 119 Å². The van der Waals surface area contributed by atoms with E-state index < -0.39 is 23.2 Å². The van der Waals surface area contributed by atoms with Crippen LogP contribution in [-0.4, -0.2) is 34.8 Å². The Hall–Kier alpha value is -1.77. The predicted molar refractivity (Wildman–Crippen MR) is 67.4 cm³/mol. The van der Waals surface area contributed by atoms with Gasteiger partial charge in [-0.15, -0.1) is 0 Å². The molecule has 0 aliphatic heterocycles. The van der Waals surface area contributed by atoms with Crippen molar-refractivity contribution in [1.29, 1.82) is 0 Å². The molecule has 0 spiro atoms. The fourth-order valence-corrected chi connectivity index (χ4v) is 2.11. The van der Waals surface area contributed by atoms with Crippen LogP contribution in [0.25, 0.3) is 0 Å². The molecule has 9 heteroatoms. The van der Waals surface area contributed by atoms with E-state index in [4.69, 9.17) is 10.5 Å². The van der Waals surface area contributed by atoms with Crippen LogP contribution in [0.1, 0.15) is 26.0 Å². The Morgan fingerprint density at radius 2 is 2.19 bits per heavy atom. The third-order valence-corrected chi connectivity index (χ3v) is 3.74. The van der Waals surface area contributed by atoms with Crippen LogP contribution >= 0.6 is 0 Å². The SMILES string of the molecule is CC1(C)CC1(N)C(=O)NCCOc1cn[nH]c1C(F)(F)F. The molecule has 1 aromatic rings. The van der Waals surface area contributed by atoms with Crippen molar-refractivity contribution in [3.05, 3.63) is 11.9 Å². The second kappa shape index (κ2) is 4.90. The summed E-state index contributed by atoms with van der Waals surface area (Å²) in [5, 5.41) is 7.69. The largest absolute Gasteiger partial charge is 0.488 e. The van der Waals surface area contributed by atoms with Gasteiger partial charge < -0.3 is 15.8 Å². The van der Waals surface area contributed by atoms with Gasteiger partial charge in [-0.25, -0.2) is 0 Å². The molecule has 4 N–H and O–H groups in total. The average molecular weight is 306 g/mol. The number of H-pyrrole nitrogens is 1. The van der Waals surface area contributed by atoms with Crippen molar-refractivity contribution in [2.24, 2.45) is 11.1 Å². The second-order valence-electron chi connectivity index (χ2n) is 5.74. The fourth-order valence-electron chi connectivity index (χ4n) is 2.11. The number of ether oxygens (including phenoxy) is 1. The molecular weight excluding hydrogens is 289 g/mol. The van der Waals surface area contributed by atoms with E-state index in [1.165, 1.54) is 0 Å². The molecule has 1 saturated carbocycles. The molecule has 0 radical (unpaired) electrons. The summed E-state index contributed by atoms with van der Waals surface area (Å²) >= 11 is 0. The van der Waals surface area contributed by atoms with E-state index in [9.17, 15) is 18.0 Å². The van der Waals surface area contributed by atoms with E-state index in [0.29, 0.717) is 6.42 Å². The third-order valence-electron chi connectivity index (χ3n) is 3.74. The van der Waals surface area contributed by atoms with Gasteiger partial charge in [0, 0.05) is 0 Å². The summed E-state index contributed by atoms with van der Waals surface area (Å²) in [5.41, 5.74) is 3.70. The zero-order valence-electron chi connectivity index (χ0n) is 11.7. The first-order chi connectivity index (χ1) is 9.58. The van der Waals surface area contributed by atoms with Gasteiger partial charge in [0.2, 0.25) is 5.91 Å². The van der Waals surface area contributed by atoms with E-state index in [1.54, 1.807) is 0 Å². The minimum atomic E-state index is -4.56. The molecule has 0 bridgehead atoms. The lowest BCUT2D eigenvalue weighted by atomic mass is 10.1. The van der Waals surface area contributed by atoms with Gasteiger partial charge in [-0.3, -0.25) is 9.89 Å². The van der Waals surface area contributed by atoms with Crippen molar-refractivity contribution in [2.45, 2.75) is 32.0 Å². The Morgan fingerprint density at radius 3 is 2.71 bits per heavy atom. The van der Waals surface area contributed by atoms with Crippen LogP contribution in [0, 0.1) is 5.41 Å². The average Bonchev–Trinajstić information content (AvgIpc) is 2.76. The smallest absolute Gasteiger partial charge is 0.436 e. The number of carbonyl (C=O) groups is 1. The van der Waals surface area contributed by atoms with Crippen molar-refractivity contribution >= 4 is 5.91 Å². The first-order valence-electron chi connectivity index (χ1n) is 6.38. The highest BCUT2D eigenvalue weighted by molar-refractivity contribution is 5.90. The Morgan fingerprint density at radius 1 is 1.57 bits per heavy atom. The predicted octanol–water partition coefficient (Wildman–Crippen LogP) is 1.05. The minimum absolute atomic E-state index is 0.0658. The zero-order valence-corrected chi connectivity index (χ0v) is 11.7. The first kappa shape index (κ1) is 15.6. The molecule has 118 valence electrons. The molecule has 1 unspecified atom stereocenters. The summed E-state index contributed by atoms with van der Waals surface area (Å²) < 4.78 is 42.6. The maximum absolute atomic E-state index is 12.5. The lowest BCUT2D eigenvalue weighted by molar-refractivity contribution is -0.142. The molecule has 1 heterocycles. The maximum Gasteiger partial charge on any atom is 0.436 e. The van der Waals surface area contributed by atoms with Crippen molar-refractivity contribution in [1.82, 2.24) is 15.5 Å². The van der Waals surface area contributed by atoms with Gasteiger partial charge >= 0.3 is 6.18 Å². The lowest BCUT2D eigenvalue weighted by Gasteiger charge is -2.15. The number of rotatable bonds is 5. The zero-order chi connectivity index (χ0) is 15.9. The number of hydrogen-bond acceptors (Lipinski definition) is 4. The number of alkyl halides is 3. The summed E-state index contributed by atoms with van der Waals surface area (Å²) in [5.74, 6) is -0.717. The molecule has 21 heavy (non-hydrogen) atoms. The summed E-state index contributed by atoms with van der Waals surface area (Å²) in [6.45, 7) is 3.72. The monoisotopic (exact) mass is 306 g/mol. The van der Waals surface area contributed by atoms with Gasteiger partial charge in [0.25, 0.3) is 0 Å². The van der Waals surface area contributed by atoms with Gasteiger partial charge in [0.15, 0.2) is 11.4 Å². The minimum Gasteiger partial charge on any atom is -0.488 e. The molecule has 1 amide bonds. The Kier molecular flexibility index (Phi) is 3.64. The van der Waals surface area contributed by atoms with Crippen molar-refractivity contribution in [2.75, 3.05) is 13.2 Å². The van der Waals surface area contributed by atoms with Crippen LogP contribution in [0.4, 0.5) is 13.2 Å². The highest BCUT2D eigenvalue weighted by Gasteiger charge is 2.63. The molecule has 1 aromatic heterocycles. The quantitative estimate of drug-likeness (QED) is 0.709. The topological polar surface area (TPSA) is 93.0 Å². The van der Waals surface area contributed by atoms with E-state index in [1.807, 2.05) is 18.9 Å². The number of hydrogen-bond donors (Lipinski definition) is 3. The molecule has 6 nitrogen and oxygen atoms in total. The summed E-state index contributed by atoms with van der Waals surface area (Å²) in [7, 11) is 0. The molecule has 1 aliphatic rings. The van der Waals surface area contributed by atoms with Gasteiger partial charge in [0.05, 0.1) is 12.7 Å². The Balaban J connectivity index is 1.79. The molecule has 1 atom stereocenters. The highest BCUT2D eigenvalue weighted by atomic mass is 19.4. The maximum atomic E-state index is 12.5. The number of nitrogens with two attached hydrogens (primary N) is 1. The highest BCUT2D eigenvalue weighted by Crippen LogP contribution is 2.53. The molecular formula is C12H17F3N4O2. The van der Waals surface area contributed by atoms with Gasteiger partial charge in [-0.05, 0) is 11.8 Å². The number of carbonyl (C=O) groups excluding carboxylic acids is 1. The number of amides is 1. The summed E-state index contributed by atoms with van der Waals surface area (Å²) in [6, 6.07) is 0. The normalized spacial score (nSPS) is 23.7. The molecule has 1 fully saturated rings. The van der Waals surface area contributed by atoms with Gasteiger partial charge in [0.1, 0.15) is 12.1 Å². The van der Waals surface area contributed by atoms with Crippen molar-refractivity contribution in [3.8, 4) is 5.75 Å². The van der Waals surface area contributed by atoms with Gasteiger partial charge in [-0.1, -0.05) is 13.8 Å². The fraction of sp³-hybridized carbons (Fsp3) is 0.667. The number of aromatic nitrogens is 2. The lowest BCUT2D eigenvalue weighted by Crippen LogP contribution is -2.47. The van der Waals surface area contributed by atoms with Crippen LogP contribution < -0.4 is 15.8 Å². The van der Waals surface area contributed by atoms with Crippen LogP contribution in [0.3, 0.4) is 0 Å². The van der Waals surface area contributed by atoms with Crippen molar-refractivity contribution < 1.29 is 22.7 Å². The van der Waals surface area contributed by atoms with Crippen LogP contribution in [0.5, 0.6) is 5.75 Å². The van der Waals surface area contributed by atoms with Gasteiger partial charge in [-0.2, -0.15) is 18.3 Å². The van der Waals surface area contributed by atoms with Crippen LogP contribution in [0.2, 0.25) is 0 Å². The number of nitrogens with zero attached hydrogens (tertiary/aromatic N) is 1. The first-order valence-corrected chi connectivity index (χ1v) is 6.38.